The van der Waals surface area contributed by atoms with Crippen LogP contribution in [0, 0.1) is 11.3 Å². The zero-order chi connectivity index (χ0) is 14.4. The van der Waals surface area contributed by atoms with E-state index in [0.717, 1.165) is 0 Å². The van der Waals surface area contributed by atoms with Gasteiger partial charge in [0, 0.05) is 13.2 Å². The van der Waals surface area contributed by atoms with Gasteiger partial charge in [0.2, 0.25) is 0 Å². The maximum atomic E-state index is 11.9. The van der Waals surface area contributed by atoms with E-state index in [2.05, 4.69) is 4.74 Å². The van der Waals surface area contributed by atoms with Crippen molar-refractivity contribution in [3.63, 3.8) is 0 Å². The molecule has 0 rings (SSSR count). The molecule has 7 heteroatoms. The lowest BCUT2D eigenvalue weighted by Crippen LogP contribution is -2.41. The lowest BCUT2D eigenvalue weighted by atomic mass is 9.77. The number of ether oxygens (including phenoxy) is 1. The first-order valence-corrected chi connectivity index (χ1v) is 5.71. The van der Waals surface area contributed by atoms with E-state index in [1.807, 2.05) is 13.8 Å². The van der Waals surface area contributed by atoms with Gasteiger partial charge in [-0.05, 0) is 18.8 Å². The average molecular weight is 271 g/mol. The van der Waals surface area contributed by atoms with Gasteiger partial charge in [-0.3, -0.25) is 4.79 Å². The van der Waals surface area contributed by atoms with Crippen LogP contribution in [0.25, 0.3) is 0 Å². The number of carboxylic acid groups (broad SMARTS) is 1. The third-order valence-corrected chi connectivity index (χ3v) is 2.63. The van der Waals surface area contributed by atoms with Crippen LogP contribution in [0.2, 0.25) is 0 Å². The summed E-state index contributed by atoms with van der Waals surface area (Å²) in [5.41, 5.74) is 4.26. The molecule has 0 aliphatic carbocycles. The van der Waals surface area contributed by atoms with E-state index in [9.17, 15) is 23.1 Å². The lowest BCUT2D eigenvalue weighted by molar-refractivity contribution is -0.176. The Balaban J connectivity index is 4.38. The summed E-state index contributed by atoms with van der Waals surface area (Å²) < 4.78 is 40.0. The van der Waals surface area contributed by atoms with E-state index in [1.54, 1.807) is 0 Å². The molecule has 0 aromatic carbocycles. The minimum atomic E-state index is -4.40. The van der Waals surface area contributed by atoms with Gasteiger partial charge in [-0.25, -0.2) is 0 Å². The van der Waals surface area contributed by atoms with Gasteiger partial charge in [0.25, 0.3) is 0 Å². The minimum Gasteiger partial charge on any atom is -0.481 e. The van der Waals surface area contributed by atoms with E-state index >= 15 is 0 Å². The van der Waals surface area contributed by atoms with Gasteiger partial charge in [0.05, 0.1) is 5.41 Å². The number of nitrogens with two attached hydrogens (primary N) is 1. The lowest BCUT2D eigenvalue weighted by Gasteiger charge is -2.29. The number of aliphatic carboxylic acids is 1. The summed E-state index contributed by atoms with van der Waals surface area (Å²) in [4.78, 5) is 11.2. The molecule has 0 saturated carbocycles. The van der Waals surface area contributed by atoms with Crippen LogP contribution >= 0.6 is 0 Å². The smallest absolute Gasteiger partial charge is 0.411 e. The Bertz CT molecular complexity index is 269. The molecule has 0 aliphatic heterocycles. The fourth-order valence-electron chi connectivity index (χ4n) is 1.81. The fourth-order valence-corrected chi connectivity index (χ4v) is 1.81. The molecule has 0 bridgehead atoms. The molecular weight excluding hydrogens is 251 g/mol. The number of hydrogen-bond donors (Lipinski definition) is 2. The molecule has 0 spiro atoms. The summed E-state index contributed by atoms with van der Waals surface area (Å²) in [6, 6.07) is 0. The maximum absolute atomic E-state index is 11.9. The van der Waals surface area contributed by atoms with Crippen LogP contribution in [0.5, 0.6) is 0 Å². The molecule has 18 heavy (non-hydrogen) atoms. The normalized spacial score (nSPS) is 15.7. The first-order valence-electron chi connectivity index (χ1n) is 5.71. The van der Waals surface area contributed by atoms with Crippen molar-refractivity contribution in [1.29, 1.82) is 0 Å². The highest BCUT2D eigenvalue weighted by molar-refractivity contribution is 5.75. The Hall–Kier alpha value is -0.820. The van der Waals surface area contributed by atoms with Crippen molar-refractivity contribution in [2.45, 2.75) is 32.9 Å². The van der Waals surface area contributed by atoms with Crippen molar-refractivity contribution in [2.24, 2.45) is 17.1 Å². The Morgan fingerprint density at radius 1 is 1.39 bits per heavy atom. The fraction of sp³-hybridized carbons (Fsp3) is 0.909. The average Bonchev–Trinajstić information content (AvgIpc) is 2.20. The van der Waals surface area contributed by atoms with Gasteiger partial charge in [-0.15, -0.1) is 0 Å². The van der Waals surface area contributed by atoms with Crippen LogP contribution < -0.4 is 5.73 Å². The second-order valence-corrected chi connectivity index (χ2v) is 4.81. The van der Waals surface area contributed by atoms with E-state index in [1.165, 1.54) is 0 Å². The van der Waals surface area contributed by atoms with Gasteiger partial charge in [-0.1, -0.05) is 13.8 Å². The largest absolute Gasteiger partial charge is 0.481 e. The van der Waals surface area contributed by atoms with Crippen LogP contribution in [-0.2, 0) is 9.53 Å². The molecule has 3 N–H and O–H groups in total. The number of carbonyl (C=O) groups is 1. The van der Waals surface area contributed by atoms with Gasteiger partial charge >= 0.3 is 12.1 Å². The molecule has 0 aromatic heterocycles. The van der Waals surface area contributed by atoms with Gasteiger partial charge < -0.3 is 15.6 Å². The van der Waals surface area contributed by atoms with Gasteiger partial charge in [-0.2, -0.15) is 13.2 Å². The Labute approximate surface area is 104 Å². The number of hydrogen-bond acceptors (Lipinski definition) is 3. The monoisotopic (exact) mass is 271 g/mol. The predicted octanol–water partition coefficient (Wildman–Crippen LogP) is 2.03. The first-order chi connectivity index (χ1) is 8.13. The SMILES string of the molecule is CC(C)CC(CN)(CCOCC(F)(F)F)C(=O)O. The number of halogens is 3. The van der Waals surface area contributed by atoms with Crippen LogP contribution in [0.15, 0.2) is 0 Å². The Morgan fingerprint density at radius 3 is 2.28 bits per heavy atom. The predicted molar refractivity (Wildman–Crippen MR) is 60.1 cm³/mol. The minimum absolute atomic E-state index is 0.0207. The summed E-state index contributed by atoms with van der Waals surface area (Å²) in [6.45, 7) is 1.93. The molecule has 1 atom stereocenters. The summed E-state index contributed by atoms with van der Waals surface area (Å²) in [6.07, 6.45) is -4.10. The Kier molecular flexibility index (Phi) is 6.62. The molecule has 0 heterocycles. The van der Waals surface area contributed by atoms with Crippen molar-refractivity contribution >= 4 is 5.97 Å². The number of rotatable bonds is 8. The van der Waals surface area contributed by atoms with Crippen molar-refractivity contribution < 1.29 is 27.8 Å². The molecule has 0 radical (unpaired) electrons. The Morgan fingerprint density at radius 2 is 1.94 bits per heavy atom. The number of alkyl halides is 3. The highest BCUT2D eigenvalue weighted by Crippen LogP contribution is 2.30. The summed E-state index contributed by atoms with van der Waals surface area (Å²) in [5.74, 6) is -0.999. The topological polar surface area (TPSA) is 72.5 Å². The van der Waals surface area contributed by atoms with Crippen molar-refractivity contribution in [1.82, 2.24) is 0 Å². The highest BCUT2D eigenvalue weighted by atomic mass is 19.4. The van der Waals surface area contributed by atoms with Crippen LogP contribution in [0.3, 0.4) is 0 Å². The third kappa shape index (κ3) is 6.20. The molecule has 0 aliphatic rings. The second-order valence-electron chi connectivity index (χ2n) is 4.81. The quantitative estimate of drug-likeness (QED) is 0.662. The van der Waals surface area contributed by atoms with Crippen LogP contribution in [-0.4, -0.2) is 37.0 Å². The third-order valence-electron chi connectivity index (χ3n) is 2.63. The summed E-state index contributed by atoms with van der Waals surface area (Å²) >= 11 is 0. The van der Waals surface area contributed by atoms with Crippen molar-refractivity contribution in [2.75, 3.05) is 19.8 Å². The molecule has 0 amide bonds. The summed E-state index contributed by atoms with van der Waals surface area (Å²) in [7, 11) is 0. The standard InChI is InChI=1S/C11H20F3NO3/c1-8(2)5-10(6-15,9(16)17)3-4-18-7-11(12,13)14/h8H,3-7,15H2,1-2H3,(H,16,17). The molecule has 108 valence electrons. The van der Waals surface area contributed by atoms with Gasteiger partial charge in [0.15, 0.2) is 0 Å². The molecule has 0 saturated heterocycles. The zero-order valence-electron chi connectivity index (χ0n) is 10.6. The molecule has 1 unspecified atom stereocenters. The molecular formula is C11H20F3NO3. The number of carboxylic acids is 1. The van der Waals surface area contributed by atoms with E-state index < -0.39 is 24.2 Å². The molecule has 0 aromatic rings. The van der Waals surface area contributed by atoms with Crippen molar-refractivity contribution in [3.05, 3.63) is 0 Å². The van der Waals surface area contributed by atoms with Crippen LogP contribution in [0.4, 0.5) is 13.2 Å². The van der Waals surface area contributed by atoms with E-state index in [4.69, 9.17) is 5.73 Å². The van der Waals surface area contributed by atoms with Gasteiger partial charge in [0.1, 0.15) is 6.61 Å². The highest BCUT2D eigenvalue weighted by Gasteiger charge is 2.38. The maximum Gasteiger partial charge on any atom is 0.411 e. The summed E-state index contributed by atoms with van der Waals surface area (Å²) in [5, 5.41) is 9.17. The molecule has 4 nitrogen and oxygen atoms in total. The van der Waals surface area contributed by atoms with Crippen LogP contribution in [0.1, 0.15) is 26.7 Å². The van der Waals surface area contributed by atoms with E-state index in [-0.39, 0.29) is 25.5 Å². The second kappa shape index (κ2) is 6.94. The van der Waals surface area contributed by atoms with Crippen molar-refractivity contribution in [3.8, 4) is 0 Å². The first kappa shape index (κ1) is 17.2. The molecule has 0 fully saturated rings. The van der Waals surface area contributed by atoms with E-state index in [0.29, 0.717) is 6.42 Å². The zero-order valence-corrected chi connectivity index (χ0v) is 10.6.